The smallest absolute Gasteiger partial charge is 0.410 e. The van der Waals surface area contributed by atoms with Crippen molar-refractivity contribution in [2.75, 3.05) is 26.7 Å². The second-order valence-corrected chi connectivity index (χ2v) is 6.65. The highest BCUT2D eigenvalue weighted by atomic mass is 16.6. The number of likely N-dealkylation sites (tertiary alicyclic amines) is 1. The molecule has 0 N–H and O–H groups in total. The Bertz CT molecular complexity index is 627. The van der Waals surface area contributed by atoms with Crippen molar-refractivity contribution in [1.82, 2.24) is 9.80 Å². The van der Waals surface area contributed by atoms with Crippen molar-refractivity contribution in [1.29, 1.82) is 0 Å². The van der Waals surface area contributed by atoms with E-state index in [1.165, 1.54) is 0 Å². The van der Waals surface area contributed by atoms with E-state index in [-0.39, 0.29) is 12.0 Å². The van der Waals surface area contributed by atoms with Gasteiger partial charge in [0, 0.05) is 39.4 Å². The number of hydrogen-bond acceptors (Lipinski definition) is 4. The van der Waals surface area contributed by atoms with Crippen molar-refractivity contribution in [2.45, 2.75) is 31.0 Å². The third-order valence-electron chi connectivity index (χ3n) is 5.05. The van der Waals surface area contributed by atoms with Crippen LogP contribution in [0.25, 0.3) is 0 Å². The number of fused-ring (bicyclic) bond motifs is 1. The zero-order valence-electron chi connectivity index (χ0n) is 13.2. The summed E-state index contributed by atoms with van der Waals surface area (Å²) >= 11 is 0. The molecular formula is C17H20N2O4. The van der Waals surface area contributed by atoms with E-state index < -0.39 is 11.7 Å². The van der Waals surface area contributed by atoms with E-state index in [0.29, 0.717) is 38.9 Å². The van der Waals surface area contributed by atoms with Crippen LogP contribution in [0.1, 0.15) is 18.4 Å². The molecule has 6 nitrogen and oxygen atoms in total. The molecule has 0 bridgehead atoms. The third kappa shape index (κ3) is 2.42. The van der Waals surface area contributed by atoms with Crippen LogP contribution in [-0.4, -0.2) is 60.2 Å². The van der Waals surface area contributed by atoms with Gasteiger partial charge < -0.3 is 19.3 Å². The summed E-state index contributed by atoms with van der Waals surface area (Å²) in [7, 11) is 1.75. The van der Waals surface area contributed by atoms with Gasteiger partial charge in [-0.15, -0.1) is 0 Å². The van der Waals surface area contributed by atoms with Crippen LogP contribution in [0.15, 0.2) is 24.3 Å². The van der Waals surface area contributed by atoms with E-state index in [2.05, 4.69) is 0 Å². The van der Waals surface area contributed by atoms with E-state index in [1.54, 1.807) is 11.9 Å². The quantitative estimate of drug-likeness (QED) is 0.786. The fraction of sp³-hybridized carbons (Fsp3) is 0.529. The predicted octanol–water partition coefficient (Wildman–Crippen LogP) is 1.43. The topological polar surface area (TPSA) is 59.1 Å². The van der Waals surface area contributed by atoms with E-state index >= 15 is 0 Å². The number of rotatable bonds is 1. The number of carbonyl (C=O) groups excluding carboxylic acids is 2. The standard InChI is InChI=1S/C17H20N2O4/c1-18-11-17(23-16(18)21)6-8-19(9-7-17)15(20)14-10-12-4-2-3-5-13(12)22-14/h2-5,14H,6-11H2,1H3. The van der Waals surface area contributed by atoms with E-state index in [1.807, 2.05) is 29.2 Å². The molecule has 0 radical (unpaired) electrons. The first-order valence-electron chi connectivity index (χ1n) is 8.04. The Kier molecular flexibility index (Phi) is 3.21. The molecule has 2 amide bonds. The van der Waals surface area contributed by atoms with Crippen LogP contribution in [0.2, 0.25) is 0 Å². The van der Waals surface area contributed by atoms with Gasteiger partial charge in [-0.25, -0.2) is 4.79 Å². The predicted molar refractivity (Wildman–Crippen MR) is 82.2 cm³/mol. The zero-order valence-corrected chi connectivity index (χ0v) is 13.2. The lowest BCUT2D eigenvalue weighted by molar-refractivity contribution is -0.141. The summed E-state index contributed by atoms with van der Waals surface area (Å²) in [6.45, 7) is 1.82. The number of amides is 2. The van der Waals surface area contributed by atoms with Crippen LogP contribution >= 0.6 is 0 Å². The molecule has 1 aromatic carbocycles. The molecule has 1 unspecified atom stereocenters. The molecule has 3 aliphatic rings. The van der Waals surface area contributed by atoms with Crippen LogP contribution in [-0.2, 0) is 16.0 Å². The molecule has 4 rings (SSSR count). The van der Waals surface area contributed by atoms with Crippen LogP contribution in [0.3, 0.4) is 0 Å². The molecule has 2 saturated heterocycles. The monoisotopic (exact) mass is 316 g/mol. The van der Waals surface area contributed by atoms with Crippen LogP contribution in [0.5, 0.6) is 5.75 Å². The summed E-state index contributed by atoms with van der Waals surface area (Å²) in [5, 5.41) is 0. The third-order valence-corrected chi connectivity index (χ3v) is 5.05. The molecule has 23 heavy (non-hydrogen) atoms. The molecule has 0 saturated carbocycles. The maximum Gasteiger partial charge on any atom is 0.410 e. The van der Waals surface area contributed by atoms with Gasteiger partial charge in [-0.05, 0) is 11.6 Å². The summed E-state index contributed by atoms with van der Waals surface area (Å²) in [5.41, 5.74) is 0.674. The summed E-state index contributed by atoms with van der Waals surface area (Å²) in [4.78, 5) is 27.7. The van der Waals surface area contributed by atoms with Gasteiger partial charge in [0.05, 0.1) is 6.54 Å². The molecule has 1 atom stereocenters. The summed E-state index contributed by atoms with van der Waals surface area (Å²) in [6.07, 6.45) is 1.33. The molecule has 122 valence electrons. The fourth-order valence-corrected chi connectivity index (χ4v) is 3.71. The van der Waals surface area contributed by atoms with Gasteiger partial charge in [0.15, 0.2) is 6.10 Å². The Morgan fingerprint density at radius 2 is 2.00 bits per heavy atom. The first kappa shape index (κ1) is 14.4. The minimum absolute atomic E-state index is 0.0359. The molecule has 3 heterocycles. The number of benzene rings is 1. The maximum atomic E-state index is 12.7. The summed E-state index contributed by atoms with van der Waals surface area (Å²) in [5.74, 6) is 0.847. The first-order valence-corrected chi connectivity index (χ1v) is 8.04. The van der Waals surface area contributed by atoms with Crippen LogP contribution < -0.4 is 4.74 Å². The molecular weight excluding hydrogens is 296 g/mol. The second-order valence-electron chi connectivity index (χ2n) is 6.65. The SMILES string of the molecule is CN1CC2(CCN(C(=O)C3Cc4ccccc4O3)CC2)OC1=O. The minimum Gasteiger partial charge on any atom is -0.480 e. The molecule has 1 spiro atoms. The molecule has 0 aromatic heterocycles. The number of piperidine rings is 1. The van der Waals surface area contributed by atoms with E-state index in [9.17, 15) is 9.59 Å². The number of hydrogen-bond donors (Lipinski definition) is 0. The van der Waals surface area contributed by atoms with Gasteiger partial charge in [-0.1, -0.05) is 18.2 Å². The summed E-state index contributed by atoms with van der Waals surface area (Å²) in [6, 6.07) is 7.79. The van der Waals surface area contributed by atoms with Crippen molar-refractivity contribution < 1.29 is 19.1 Å². The van der Waals surface area contributed by atoms with Gasteiger partial charge in [0.1, 0.15) is 11.4 Å². The zero-order chi connectivity index (χ0) is 16.0. The summed E-state index contributed by atoms with van der Waals surface area (Å²) < 4.78 is 11.3. The van der Waals surface area contributed by atoms with Crippen molar-refractivity contribution in [3.63, 3.8) is 0 Å². The largest absolute Gasteiger partial charge is 0.480 e. The molecule has 2 fully saturated rings. The molecule has 6 heteroatoms. The fourth-order valence-electron chi connectivity index (χ4n) is 3.71. The lowest BCUT2D eigenvalue weighted by atomic mass is 9.91. The lowest BCUT2D eigenvalue weighted by Gasteiger charge is -2.38. The number of para-hydroxylation sites is 1. The maximum absolute atomic E-state index is 12.7. The van der Waals surface area contributed by atoms with E-state index in [4.69, 9.17) is 9.47 Å². The Labute approximate surface area is 134 Å². The van der Waals surface area contributed by atoms with Gasteiger partial charge in [-0.3, -0.25) is 4.79 Å². The Morgan fingerprint density at radius 3 is 2.65 bits per heavy atom. The Balaban J connectivity index is 1.38. The molecule has 0 aliphatic carbocycles. The minimum atomic E-state index is -0.421. The van der Waals surface area contributed by atoms with Crippen molar-refractivity contribution in [3.05, 3.63) is 29.8 Å². The lowest BCUT2D eigenvalue weighted by Crippen LogP contribution is -2.51. The highest BCUT2D eigenvalue weighted by molar-refractivity contribution is 5.83. The van der Waals surface area contributed by atoms with Gasteiger partial charge in [0.2, 0.25) is 0 Å². The number of carbonyl (C=O) groups is 2. The molecule has 3 aliphatic heterocycles. The molecule has 1 aromatic rings. The van der Waals surface area contributed by atoms with Crippen LogP contribution in [0, 0.1) is 0 Å². The second kappa shape index (κ2) is 5.15. The van der Waals surface area contributed by atoms with Gasteiger partial charge in [0.25, 0.3) is 5.91 Å². The average Bonchev–Trinajstić information content (AvgIpc) is 3.09. The highest BCUT2D eigenvalue weighted by Gasteiger charge is 2.47. The number of ether oxygens (including phenoxy) is 2. The van der Waals surface area contributed by atoms with Crippen LogP contribution in [0.4, 0.5) is 4.79 Å². The Morgan fingerprint density at radius 1 is 1.26 bits per heavy atom. The Hall–Kier alpha value is -2.24. The van der Waals surface area contributed by atoms with Crippen molar-refractivity contribution in [2.24, 2.45) is 0 Å². The first-order chi connectivity index (χ1) is 11.1. The number of nitrogens with zero attached hydrogens (tertiary/aromatic N) is 2. The van der Waals surface area contributed by atoms with Crippen molar-refractivity contribution in [3.8, 4) is 5.75 Å². The van der Waals surface area contributed by atoms with E-state index in [0.717, 1.165) is 11.3 Å². The van der Waals surface area contributed by atoms with Gasteiger partial charge >= 0.3 is 6.09 Å². The normalized spacial score (nSPS) is 25.3. The van der Waals surface area contributed by atoms with Crippen molar-refractivity contribution >= 4 is 12.0 Å². The van der Waals surface area contributed by atoms with Gasteiger partial charge in [-0.2, -0.15) is 0 Å². The highest BCUT2D eigenvalue weighted by Crippen LogP contribution is 2.34. The number of likely N-dealkylation sites (N-methyl/N-ethyl adjacent to an activating group) is 1. The average molecular weight is 316 g/mol.